The summed E-state index contributed by atoms with van der Waals surface area (Å²) in [6.07, 6.45) is 3.31. The SMILES string of the molecule is CN(CCc1ccccn1)C(=O)Nc1ccccc1SCC1CC1(Cl)Cl. The normalized spacial score (nSPS) is 17.6. The fraction of sp³-hybridized carbons (Fsp3) is 0.368. The number of rotatable bonds is 7. The van der Waals surface area contributed by atoms with Gasteiger partial charge in [-0.3, -0.25) is 4.98 Å². The second kappa shape index (κ2) is 8.51. The van der Waals surface area contributed by atoms with E-state index in [9.17, 15) is 4.79 Å². The molecular weight excluding hydrogens is 389 g/mol. The standard InChI is InChI=1S/C19H21Cl2N3OS/c1-24(11-9-15-6-4-5-10-22-15)18(25)23-16-7-2-3-8-17(16)26-13-14-12-19(14,20)21/h2-8,10,14H,9,11-13H2,1H3,(H,23,25). The van der Waals surface area contributed by atoms with Crippen LogP contribution < -0.4 is 5.32 Å². The first kappa shape index (κ1) is 19.3. The van der Waals surface area contributed by atoms with Crippen LogP contribution in [0.1, 0.15) is 12.1 Å². The molecule has 1 fully saturated rings. The Balaban J connectivity index is 1.53. The van der Waals surface area contributed by atoms with E-state index in [1.807, 2.05) is 42.5 Å². The molecule has 0 saturated heterocycles. The van der Waals surface area contributed by atoms with E-state index in [0.717, 1.165) is 34.9 Å². The van der Waals surface area contributed by atoms with E-state index in [1.54, 1.807) is 29.9 Å². The van der Waals surface area contributed by atoms with Gasteiger partial charge >= 0.3 is 6.03 Å². The van der Waals surface area contributed by atoms with Crippen LogP contribution in [0.4, 0.5) is 10.5 Å². The van der Waals surface area contributed by atoms with Crippen LogP contribution in [0, 0.1) is 5.92 Å². The number of nitrogens with zero attached hydrogens (tertiary/aromatic N) is 2. The Bertz CT molecular complexity index is 757. The Kier molecular flexibility index (Phi) is 6.33. The Labute approximate surface area is 168 Å². The molecule has 1 aliphatic carbocycles. The van der Waals surface area contributed by atoms with Gasteiger partial charge in [0.05, 0.1) is 5.69 Å². The van der Waals surface area contributed by atoms with Gasteiger partial charge in [0.25, 0.3) is 0 Å². The first-order valence-electron chi connectivity index (χ1n) is 8.47. The van der Waals surface area contributed by atoms with E-state index in [2.05, 4.69) is 10.3 Å². The van der Waals surface area contributed by atoms with Crippen molar-refractivity contribution in [2.45, 2.75) is 22.1 Å². The van der Waals surface area contributed by atoms with Gasteiger partial charge in [0.15, 0.2) is 0 Å². The van der Waals surface area contributed by atoms with E-state index in [1.165, 1.54) is 0 Å². The van der Waals surface area contributed by atoms with Crippen LogP contribution >= 0.6 is 35.0 Å². The number of likely N-dealkylation sites (N-methyl/N-ethyl adjacent to an activating group) is 1. The molecule has 1 aromatic heterocycles. The van der Waals surface area contributed by atoms with Gasteiger partial charge < -0.3 is 10.2 Å². The molecule has 2 aromatic rings. The van der Waals surface area contributed by atoms with Gasteiger partial charge in [0, 0.05) is 48.5 Å². The first-order valence-corrected chi connectivity index (χ1v) is 10.2. The van der Waals surface area contributed by atoms with Crippen molar-refractivity contribution in [3.8, 4) is 0 Å². The summed E-state index contributed by atoms with van der Waals surface area (Å²) >= 11 is 13.9. The maximum Gasteiger partial charge on any atom is 0.321 e. The number of urea groups is 1. The minimum atomic E-state index is -0.573. The lowest BCUT2D eigenvalue weighted by Gasteiger charge is -2.19. The molecule has 1 unspecified atom stereocenters. The molecule has 1 heterocycles. The molecule has 0 bridgehead atoms. The molecule has 1 saturated carbocycles. The zero-order valence-corrected chi connectivity index (χ0v) is 16.8. The molecule has 0 aliphatic heterocycles. The molecule has 4 nitrogen and oxygen atoms in total. The number of alkyl halides is 2. The maximum absolute atomic E-state index is 12.5. The van der Waals surface area contributed by atoms with Crippen molar-refractivity contribution in [2.24, 2.45) is 5.92 Å². The highest BCUT2D eigenvalue weighted by molar-refractivity contribution is 7.99. The monoisotopic (exact) mass is 409 g/mol. The van der Waals surface area contributed by atoms with Gasteiger partial charge in [-0.2, -0.15) is 0 Å². The molecule has 2 amide bonds. The van der Waals surface area contributed by atoms with E-state index >= 15 is 0 Å². The number of pyridine rings is 1. The van der Waals surface area contributed by atoms with Crippen molar-refractivity contribution >= 4 is 46.7 Å². The Hall–Kier alpha value is -1.43. The first-order chi connectivity index (χ1) is 12.5. The van der Waals surface area contributed by atoms with Crippen molar-refractivity contribution in [3.05, 3.63) is 54.4 Å². The van der Waals surface area contributed by atoms with Gasteiger partial charge in [0.1, 0.15) is 4.33 Å². The highest BCUT2D eigenvalue weighted by Crippen LogP contribution is 2.55. The number of halogens is 2. The molecule has 3 rings (SSSR count). The number of para-hydroxylation sites is 1. The highest BCUT2D eigenvalue weighted by Gasteiger charge is 2.51. The van der Waals surface area contributed by atoms with Crippen LogP contribution in [0.15, 0.2) is 53.6 Å². The number of amides is 2. The van der Waals surface area contributed by atoms with Gasteiger partial charge in [-0.25, -0.2) is 4.79 Å². The lowest BCUT2D eigenvalue weighted by molar-refractivity contribution is 0.223. The van der Waals surface area contributed by atoms with Crippen LogP contribution in [-0.4, -0.2) is 39.6 Å². The van der Waals surface area contributed by atoms with E-state index in [4.69, 9.17) is 23.2 Å². The summed E-state index contributed by atoms with van der Waals surface area (Å²) in [5.74, 6) is 1.15. The number of nitrogens with one attached hydrogen (secondary N) is 1. The predicted molar refractivity (Wildman–Crippen MR) is 109 cm³/mol. The number of thioether (sulfide) groups is 1. The van der Waals surface area contributed by atoms with Gasteiger partial charge in [0.2, 0.25) is 0 Å². The molecule has 1 aromatic carbocycles. The Morgan fingerprint density at radius 1 is 1.31 bits per heavy atom. The fourth-order valence-corrected chi connectivity index (χ4v) is 4.42. The molecule has 26 heavy (non-hydrogen) atoms. The summed E-state index contributed by atoms with van der Waals surface area (Å²) in [6, 6.07) is 13.5. The average Bonchev–Trinajstić information content (AvgIpc) is 3.26. The van der Waals surface area contributed by atoms with Crippen molar-refractivity contribution in [1.29, 1.82) is 0 Å². The predicted octanol–water partition coefficient (Wildman–Crippen LogP) is 5.07. The molecule has 7 heteroatoms. The lowest BCUT2D eigenvalue weighted by atomic mass is 10.2. The van der Waals surface area contributed by atoms with Gasteiger partial charge in [-0.05, 0) is 30.7 Å². The fourth-order valence-electron chi connectivity index (χ4n) is 2.48. The summed E-state index contributed by atoms with van der Waals surface area (Å²) in [5.41, 5.74) is 1.78. The van der Waals surface area contributed by atoms with Crippen LogP contribution in [0.3, 0.4) is 0 Å². The third kappa shape index (κ3) is 5.29. The summed E-state index contributed by atoms with van der Waals surface area (Å²) < 4.78 is -0.573. The summed E-state index contributed by atoms with van der Waals surface area (Å²) in [7, 11) is 1.79. The third-order valence-electron chi connectivity index (χ3n) is 4.30. The lowest BCUT2D eigenvalue weighted by Crippen LogP contribution is -2.33. The summed E-state index contributed by atoms with van der Waals surface area (Å²) in [4.78, 5) is 19.5. The van der Waals surface area contributed by atoms with E-state index < -0.39 is 4.33 Å². The zero-order valence-electron chi connectivity index (χ0n) is 14.5. The maximum atomic E-state index is 12.5. The van der Waals surface area contributed by atoms with Crippen LogP contribution in [-0.2, 0) is 6.42 Å². The largest absolute Gasteiger partial charge is 0.327 e. The highest BCUT2D eigenvalue weighted by atomic mass is 35.5. The molecule has 138 valence electrons. The second-order valence-electron chi connectivity index (χ2n) is 6.39. The third-order valence-corrected chi connectivity index (χ3v) is 6.46. The van der Waals surface area contributed by atoms with Crippen molar-refractivity contribution in [3.63, 3.8) is 0 Å². The van der Waals surface area contributed by atoms with Crippen LogP contribution in [0.2, 0.25) is 0 Å². The Morgan fingerprint density at radius 3 is 2.73 bits per heavy atom. The van der Waals surface area contributed by atoms with Crippen molar-refractivity contribution < 1.29 is 4.79 Å². The number of carbonyl (C=O) groups is 1. The van der Waals surface area contributed by atoms with Crippen LogP contribution in [0.5, 0.6) is 0 Å². The van der Waals surface area contributed by atoms with Crippen LogP contribution in [0.25, 0.3) is 0 Å². The van der Waals surface area contributed by atoms with E-state index in [0.29, 0.717) is 12.5 Å². The van der Waals surface area contributed by atoms with Gasteiger partial charge in [-0.1, -0.05) is 18.2 Å². The molecule has 1 N–H and O–H groups in total. The van der Waals surface area contributed by atoms with Crippen molar-refractivity contribution in [2.75, 3.05) is 24.7 Å². The number of carbonyl (C=O) groups excluding carboxylic acids is 1. The molecule has 0 spiro atoms. The minimum Gasteiger partial charge on any atom is -0.327 e. The van der Waals surface area contributed by atoms with E-state index in [-0.39, 0.29) is 6.03 Å². The number of benzene rings is 1. The number of anilines is 1. The second-order valence-corrected chi connectivity index (χ2v) is 9.00. The molecule has 1 atom stereocenters. The minimum absolute atomic E-state index is 0.135. The quantitative estimate of drug-likeness (QED) is 0.512. The Morgan fingerprint density at radius 2 is 2.04 bits per heavy atom. The zero-order chi connectivity index (χ0) is 18.6. The smallest absolute Gasteiger partial charge is 0.321 e. The number of aromatic nitrogens is 1. The molecule has 0 radical (unpaired) electrons. The number of hydrogen-bond donors (Lipinski definition) is 1. The summed E-state index contributed by atoms with van der Waals surface area (Å²) in [6.45, 7) is 0.598. The molecular formula is C19H21Cl2N3OS. The van der Waals surface area contributed by atoms with Gasteiger partial charge in [-0.15, -0.1) is 35.0 Å². The topological polar surface area (TPSA) is 45.2 Å². The summed E-state index contributed by atoms with van der Waals surface area (Å²) in [5, 5.41) is 2.99. The average molecular weight is 410 g/mol. The molecule has 1 aliphatic rings. The van der Waals surface area contributed by atoms with Crippen molar-refractivity contribution in [1.82, 2.24) is 9.88 Å². The number of hydrogen-bond acceptors (Lipinski definition) is 3.